The Morgan fingerprint density at radius 3 is 2.61 bits per heavy atom. The smallest absolute Gasteiger partial charge is 0.335 e. The number of benzene rings is 2. The van der Waals surface area contributed by atoms with Crippen LogP contribution in [-0.4, -0.2) is 27.9 Å². The number of carboxylic acids is 1. The van der Waals surface area contributed by atoms with Crippen molar-refractivity contribution in [2.24, 2.45) is 0 Å². The topological polar surface area (TPSA) is 89.9 Å². The summed E-state index contributed by atoms with van der Waals surface area (Å²) < 4.78 is 5.69. The highest BCUT2D eigenvalue weighted by molar-refractivity contribution is 8.27. The van der Waals surface area contributed by atoms with Gasteiger partial charge in [-0.1, -0.05) is 54.5 Å². The van der Waals surface area contributed by atoms with Crippen molar-refractivity contribution in [3.63, 3.8) is 0 Å². The fourth-order valence-electron chi connectivity index (χ4n) is 2.48. The fraction of sp³-hybridized carbons (Fsp3) is 0.0500. The molecule has 0 saturated carbocycles. The van der Waals surface area contributed by atoms with Crippen molar-refractivity contribution in [1.82, 2.24) is 0 Å². The van der Waals surface area contributed by atoms with Gasteiger partial charge in [-0.05, 0) is 42.0 Å². The molecule has 1 amide bonds. The molecule has 8 heteroatoms. The van der Waals surface area contributed by atoms with Gasteiger partial charge in [0.1, 0.15) is 12.4 Å². The predicted molar refractivity (Wildman–Crippen MR) is 111 cm³/mol. The molecule has 0 spiro atoms. The molecule has 1 aliphatic heterocycles. The Kier molecular flexibility index (Phi) is 5.81. The zero-order chi connectivity index (χ0) is 20.3. The molecule has 1 fully saturated rings. The average Bonchev–Trinajstić information content (AvgIpc) is 2.94. The van der Waals surface area contributed by atoms with Crippen LogP contribution in [0.25, 0.3) is 6.08 Å². The summed E-state index contributed by atoms with van der Waals surface area (Å²) in [4.78, 5) is 25.4. The van der Waals surface area contributed by atoms with E-state index in [1.54, 1.807) is 24.3 Å². The number of hydrogen-bond acceptors (Lipinski definition) is 6. The van der Waals surface area contributed by atoms with E-state index in [9.17, 15) is 14.7 Å². The van der Waals surface area contributed by atoms with Gasteiger partial charge in [-0.25, -0.2) is 4.79 Å². The molecule has 2 aromatic rings. The van der Waals surface area contributed by atoms with E-state index in [2.05, 4.69) is 6.58 Å². The van der Waals surface area contributed by atoms with Gasteiger partial charge in [0.25, 0.3) is 5.91 Å². The second-order valence-electron chi connectivity index (χ2n) is 5.67. The van der Waals surface area contributed by atoms with E-state index in [0.717, 1.165) is 23.4 Å². The van der Waals surface area contributed by atoms with Gasteiger partial charge >= 0.3 is 5.97 Å². The van der Waals surface area contributed by atoms with Gasteiger partial charge in [-0.15, -0.1) is 0 Å². The first-order chi connectivity index (χ1) is 13.4. The Morgan fingerprint density at radius 2 is 2.00 bits per heavy atom. The van der Waals surface area contributed by atoms with Gasteiger partial charge in [-0.2, -0.15) is 0 Å². The van der Waals surface area contributed by atoms with Crippen LogP contribution in [0.15, 0.2) is 60.0 Å². The lowest BCUT2D eigenvalue weighted by Gasteiger charge is -2.18. The Labute approximate surface area is 170 Å². The number of carbonyl (C=O) groups is 2. The number of rotatable bonds is 6. The second kappa shape index (κ2) is 8.28. The van der Waals surface area contributed by atoms with Crippen molar-refractivity contribution in [2.45, 2.75) is 0 Å². The quantitative estimate of drug-likeness (QED) is 0.442. The number of aromatic carboxylic acids is 1. The highest BCUT2D eigenvalue weighted by Gasteiger charge is 2.33. The first-order valence-electron chi connectivity index (χ1n) is 8.07. The predicted octanol–water partition coefficient (Wildman–Crippen LogP) is 3.43. The lowest BCUT2D eigenvalue weighted by molar-refractivity contribution is -0.268. The maximum atomic E-state index is 12.8. The van der Waals surface area contributed by atoms with Crippen LogP contribution in [0.5, 0.6) is 11.5 Å². The standard InChI is InChI=1S/C20H15NO5S2/c1-2-9-26-14-6-3-12(4-7-14)10-17-18(23)21(20(27)28-17)13-5-8-15(19(24)25)16(22)11-13/h2-8,10-11,22H,1,9H2,(H,24,25)/p-1/b17-10-. The van der Waals surface area contributed by atoms with Crippen LogP contribution in [0.2, 0.25) is 0 Å². The first-order valence-corrected chi connectivity index (χ1v) is 9.29. The molecule has 1 heterocycles. The number of anilines is 1. The zero-order valence-corrected chi connectivity index (χ0v) is 16.1. The second-order valence-corrected chi connectivity index (χ2v) is 7.35. The van der Waals surface area contributed by atoms with Crippen LogP contribution in [0.4, 0.5) is 5.69 Å². The molecule has 0 bridgehead atoms. The molecule has 1 aliphatic rings. The van der Waals surface area contributed by atoms with Gasteiger partial charge in [-0.3, -0.25) is 9.69 Å². The number of ether oxygens (including phenoxy) is 1. The highest BCUT2D eigenvalue weighted by atomic mass is 32.2. The highest BCUT2D eigenvalue weighted by Crippen LogP contribution is 2.37. The molecule has 0 atom stereocenters. The van der Waals surface area contributed by atoms with Crippen molar-refractivity contribution in [3.05, 3.63) is 71.2 Å². The summed E-state index contributed by atoms with van der Waals surface area (Å²) >= 11 is 6.38. The lowest BCUT2D eigenvalue weighted by atomic mass is 10.1. The van der Waals surface area contributed by atoms with Crippen molar-refractivity contribution in [2.75, 3.05) is 11.5 Å². The lowest BCUT2D eigenvalue weighted by Crippen LogP contribution is -2.27. The summed E-state index contributed by atoms with van der Waals surface area (Å²) in [5, 5.41) is 20.9. The number of carbonyl (C=O) groups excluding carboxylic acids is 1. The molecule has 6 nitrogen and oxygen atoms in total. The molecule has 1 saturated heterocycles. The zero-order valence-electron chi connectivity index (χ0n) is 14.5. The van der Waals surface area contributed by atoms with Crippen LogP contribution in [0, 0.1) is 0 Å². The van der Waals surface area contributed by atoms with Crippen molar-refractivity contribution in [1.29, 1.82) is 0 Å². The number of nitrogens with zero attached hydrogens (tertiary/aromatic N) is 1. The number of carboxylic acid groups (broad SMARTS) is 1. The maximum absolute atomic E-state index is 12.8. The monoisotopic (exact) mass is 412 g/mol. The minimum atomic E-state index is -1.32. The van der Waals surface area contributed by atoms with Gasteiger partial charge in [0.2, 0.25) is 0 Å². The Bertz CT molecular complexity index is 998. The van der Waals surface area contributed by atoms with Gasteiger partial charge < -0.3 is 14.9 Å². The molecule has 0 aromatic heterocycles. The van der Waals surface area contributed by atoms with E-state index in [1.165, 1.54) is 17.0 Å². The normalized spacial score (nSPS) is 15.1. The van der Waals surface area contributed by atoms with Crippen LogP contribution in [-0.2, 0) is 4.79 Å². The van der Waals surface area contributed by atoms with E-state index in [0.29, 0.717) is 17.3 Å². The number of thiocarbonyl (C=S) groups is 1. The summed E-state index contributed by atoms with van der Waals surface area (Å²) in [6, 6.07) is 10.8. The minimum Gasteiger partial charge on any atom is -0.872 e. The summed E-state index contributed by atoms with van der Waals surface area (Å²) in [6.45, 7) is 3.99. The SMILES string of the molecule is C=CCOc1ccc(/C=C2\SC(=S)N(c3ccc(C(=O)O)c([O-])c3)C2=O)cc1. The Morgan fingerprint density at radius 1 is 1.29 bits per heavy atom. The summed E-state index contributed by atoms with van der Waals surface area (Å²) in [5.74, 6) is -1.68. The van der Waals surface area contributed by atoms with Crippen LogP contribution in [0.3, 0.4) is 0 Å². The molecule has 28 heavy (non-hydrogen) atoms. The number of hydrogen-bond donors (Lipinski definition) is 1. The fourth-order valence-corrected chi connectivity index (χ4v) is 3.78. The van der Waals surface area contributed by atoms with Crippen LogP contribution >= 0.6 is 24.0 Å². The van der Waals surface area contributed by atoms with E-state index in [1.807, 2.05) is 12.1 Å². The van der Waals surface area contributed by atoms with Crippen LogP contribution in [0.1, 0.15) is 15.9 Å². The van der Waals surface area contributed by atoms with Crippen molar-refractivity contribution < 1.29 is 24.5 Å². The van der Waals surface area contributed by atoms with Gasteiger partial charge in [0.15, 0.2) is 4.32 Å². The third-order valence-electron chi connectivity index (χ3n) is 3.79. The molecular formula is C20H14NO5S2-. The maximum Gasteiger partial charge on any atom is 0.335 e. The van der Waals surface area contributed by atoms with Crippen molar-refractivity contribution >= 4 is 51.9 Å². The number of amides is 1. The van der Waals surface area contributed by atoms with Gasteiger partial charge in [0, 0.05) is 0 Å². The molecule has 0 unspecified atom stereocenters. The van der Waals surface area contributed by atoms with Crippen molar-refractivity contribution in [3.8, 4) is 11.5 Å². The first kappa shape index (κ1) is 19.7. The summed E-state index contributed by atoms with van der Waals surface area (Å²) in [7, 11) is 0. The van der Waals surface area contributed by atoms with E-state index in [4.69, 9.17) is 22.1 Å². The van der Waals surface area contributed by atoms with E-state index >= 15 is 0 Å². The average molecular weight is 412 g/mol. The summed E-state index contributed by atoms with van der Waals surface area (Å²) in [5.41, 5.74) is 0.676. The molecular weight excluding hydrogens is 398 g/mol. The molecule has 0 radical (unpaired) electrons. The van der Waals surface area contributed by atoms with Gasteiger partial charge in [0.05, 0.1) is 16.2 Å². The Balaban J connectivity index is 1.83. The third-order valence-corrected chi connectivity index (χ3v) is 5.10. The van der Waals surface area contributed by atoms with Crippen LogP contribution < -0.4 is 14.7 Å². The summed E-state index contributed by atoms with van der Waals surface area (Å²) in [6.07, 6.45) is 3.34. The van der Waals surface area contributed by atoms with E-state index in [-0.39, 0.29) is 21.5 Å². The molecule has 142 valence electrons. The third kappa shape index (κ3) is 4.08. The minimum absolute atomic E-state index is 0.245. The Hall–Kier alpha value is -3.10. The largest absolute Gasteiger partial charge is 0.872 e. The number of thioether (sulfide) groups is 1. The van der Waals surface area contributed by atoms with E-state index < -0.39 is 11.7 Å². The molecule has 0 aliphatic carbocycles. The molecule has 2 aromatic carbocycles. The molecule has 1 N–H and O–H groups in total. The molecule has 3 rings (SSSR count).